The molecule has 0 amide bonds. The highest BCUT2D eigenvalue weighted by Crippen LogP contribution is 2.35. The summed E-state index contributed by atoms with van der Waals surface area (Å²) in [4.78, 5) is 13.6. The molecule has 1 fully saturated rings. The smallest absolute Gasteiger partial charge is 0.142 e. The fourth-order valence-corrected chi connectivity index (χ4v) is 4.57. The van der Waals surface area contributed by atoms with Gasteiger partial charge in [-0.25, -0.2) is 9.97 Å². The normalized spacial score (nSPS) is 14.0. The lowest BCUT2D eigenvalue weighted by Crippen LogP contribution is -2.17. The van der Waals surface area contributed by atoms with Crippen LogP contribution < -0.4 is 10.2 Å². The van der Waals surface area contributed by atoms with Crippen LogP contribution in [0.1, 0.15) is 12.8 Å². The third-order valence-electron chi connectivity index (χ3n) is 4.99. The Labute approximate surface area is 162 Å². The number of hydrogen-bond donors (Lipinski definition) is 1. The maximum Gasteiger partial charge on any atom is 0.142 e. The second-order valence-corrected chi connectivity index (χ2v) is 7.81. The zero-order valence-electron chi connectivity index (χ0n) is 14.9. The minimum Gasteiger partial charge on any atom is -0.372 e. The number of hydrogen-bond acceptors (Lipinski definition) is 5. The summed E-state index contributed by atoms with van der Waals surface area (Å²) in [6.07, 6.45) is 4.22. The first-order chi connectivity index (χ1) is 13.4. The molecule has 2 aromatic carbocycles. The molecule has 0 atom stereocenters. The minimum atomic E-state index is 0.854. The molecule has 5 heteroatoms. The van der Waals surface area contributed by atoms with Crippen molar-refractivity contribution in [1.29, 1.82) is 0 Å². The van der Waals surface area contributed by atoms with Gasteiger partial charge in [-0.2, -0.15) is 0 Å². The van der Waals surface area contributed by atoms with Crippen molar-refractivity contribution in [2.24, 2.45) is 0 Å². The number of benzene rings is 2. The molecule has 4 aromatic rings. The predicted molar refractivity (Wildman–Crippen MR) is 114 cm³/mol. The maximum atomic E-state index is 4.48. The molecule has 27 heavy (non-hydrogen) atoms. The first kappa shape index (κ1) is 16.3. The molecule has 1 N–H and O–H groups in total. The summed E-state index contributed by atoms with van der Waals surface area (Å²) in [6.45, 7) is 2.33. The van der Waals surface area contributed by atoms with Gasteiger partial charge in [0.15, 0.2) is 0 Å². The molecule has 0 bridgehead atoms. The molecule has 4 nitrogen and oxygen atoms in total. The first-order valence-electron chi connectivity index (χ1n) is 9.29. The zero-order valence-corrected chi connectivity index (χ0v) is 15.7. The van der Waals surface area contributed by atoms with Crippen molar-refractivity contribution in [2.75, 3.05) is 23.3 Å². The van der Waals surface area contributed by atoms with Crippen molar-refractivity contribution in [3.8, 4) is 10.4 Å². The Kier molecular flexibility index (Phi) is 4.22. The Morgan fingerprint density at radius 1 is 0.889 bits per heavy atom. The number of nitrogens with one attached hydrogen (secondary N) is 1. The lowest BCUT2D eigenvalue weighted by Gasteiger charge is -2.18. The van der Waals surface area contributed by atoms with E-state index in [1.165, 1.54) is 29.0 Å². The first-order valence-corrected chi connectivity index (χ1v) is 10.1. The molecule has 1 aliphatic heterocycles. The van der Waals surface area contributed by atoms with Crippen LogP contribution in [0.4, 0.5) is 17.2 Å². The van der Waals surface area contributed by atoms with E-state index in [0.717, 1.165) is 34.8 Å². The van der Waals surface area contributed by atoms with Gasteiger partial charge < -0.3 is 10.2 Å². The SMILES string of the molecule is c1ccc(-c2cc3c(Nc4ccc(N5CCCC5)cc4)ncnc3s2)cc1. The fraction of sp³-hybridized carbons (Fsp3) is 0.182. The average Bonchev–Trinajstić information content (AvgIpc) is 3.40. The van der Waals surface area contributed by atoms with E-state index in [1.54, 1.807) is 17.7 Å². The van der Waals surface area contributed by atoms with Crippen LogP contribution in [-0.4, -0.2) is 23.1 Å². The Hall–Kier alpha value is -2.92. The third kappa shape index (κ3) is 3.26. The Morgan fingerprint density at radius 2 is 1.67 bits per heavy atom. The molecule has 3 heterocycles. The third-order valence-corrected chi connectivity index (χ3v) is 6.08. The van der Waals surface area contributed by atoms with E-state index < -0.39 is 0 Å². The van der Waals surface area contributed by atoms with E-state index >= 15 is 0 Å². The second kappa shape index (κ2) is 7.00. The maximum absolute atomic E-state index is 4.48. The Bertz CT molecular complexity index is 1050. The van der Waals surface area contributed by atoms with Crippen molar-refractivity contribution >= 4 is 38.7 Å². The van der Waals surface area contributed by atoms with Gasteiger partial charge in [-0.05, 0) is 48.7 Å². The lowest BCUT2D eigenvalue weighted by molar-refractivity contribution is 0.949. The van der Waals surface area contributed by atoms with Crippen molar-refractivity contribution < 1.29 is 0 Å². The molecule has 134 valence electrons. The minimum absolute atomic E-state index is 0.854. The fourth-order valence-electron chi connectivity index (χ4n) is 3.57. The Balaban J connectivity index is 1.44. The van der Waals surface area contributed by atoms with Gasteiger partial charge in [-0.1, -0.05) is 30.3 Å². The van der Waals surface area contributed by atoms with E-state index in [-0.39, 0.29) is 0 Å². The number of aromatic nitrogens is 2. The van der Waals surface area contributed by atoms with Crippen molar-refractivity contribution in [3.05, 3.63) is 67.0 Å². The molecular weight excluding hydrogens is 352 g/mol. The summed E-state index contributed by atoms with van der Waals surface area (Å²) in [7, 11) is 0. The molecule has 1 aliphatic rings. The van der Waals surface area contributed by atoms with Crippen LogP contribution in [0.2, 0.25) is 0 Å². The van der Waals surface area contributed by atoms with Gasteiger partial charge in [0.1, 0.15) is 17.0 Å². The number of thiophene rings is 1. The summed E-state index contributed by atoms with van der Waals surface area (Å²) >= 11 is 1.70. The van der Waals surface area contributed by atoms with Crippen LogP contribution in [-0.2, 0) is 0 Å². The zero-order chi connectivity index (χ0) is 18.1. The molecule has 1 saturated heterocycles. The lowest BCUT2D eigenvalue weighted by atomic mass is 10.2. The summed E-state index contributed by atoms with van der Waals surface area (Å²) in [6, 6.07) is 21.2. The van der Waals surface area contributed by atoms with Gasteiger partial charge in [-0.15, -0.1) is 11.3 Å². The van der Waals surface area contributed by atoms with Crippen LogP contribution in [0.3, 0.4) is 0 Å². The molecule has 0 saturated carbocycles. The van der Waals surface area contributed by atoms with E-state index in [4.69, 9.17) is 0 Å². The van der Waals surface area contributed by atoms with Gasteiger partial charge >= 0.3 is 0 Å². The van der Waals surface area contributed by atoms with E-state index in [2.05, 4.69) is 74.8 Å². The second-order valence-electron chi connectivity index (χ2n) is 6.78. The molecule has 0 unspecified atom stereocenters. The van der Waals surface area contributed by atoms with Crippen LogP contribution in [0, 0.1) is 0 Å². The highest BCUT2D eigenvalue weighted by Gasteiger charge is 2.13. The predicted octanol–water partition coefficient (Wildman–Crippen LogP) is 5.70. The van der Waals surface area contributed by atoms with Gasteiger partial charge in [0.25, 0.3) is 0 Å². The van der Waals surface area contributed by atoms with E-state index in [9.17, 15) is 0 Å². The number of fused-ring (bicyclic) bond motifs is 1. The summed E-state index contributed by atoms with van der Waals surface area (Å²) in [5.74, 6) is 0.854. The van der Waals surface area contributed by atoms with E-state index in [1.807, 2.05) is 6.07 Å². The largest absolute Gasteiger partial charge is 0.372 e. The van der Waals surface area contributed by atoms with Crippen LogP contribution in [0.5, 0.6) is 0 Å². The molecule has 0 aliphatic carbocycles. The van der Waals surface area contributed by atoms with Crippen molar-refractivity contribution in [1.82, 2.24) is 9.97 Å². The summed E-state index contributed by atoms with van der Waals surface area (Å²) in [5, 5.41) is 4.53. The standard InChI is InChI=1S/C22H20N4S/c1-2-6-16(7-3-1)20-14-19-21(23-15-24-22(19)27-20)25-17-8-10-18(11-9-17)26-12-4-5-13-26/h1-3,6-11,14-15H,4-5,12-13H2,(H,23,24,25). The Morgan fingerprint density at radius 3 is 2.44 bits per heavy atom. The topological polar surface area (TPSA) is 41.0 Å². The van der Waals surface area contributed by atoms with Gasteiger partial charge in [0.2, 0.25) is 0 Å². The highest BCUT2D eigenvalue weighted by molar-refractivity contribution is 7.21. The highest BCUT2D eigenvalue weighted by atomic mass is 32.1. The molecule has 5 rings (SSSR count). The quantitative estimate of drug-likeness (QED) is 0.499. The molecule has 0 spiro atoms. The van der Waals surface area contributed by atoms with Crippen LogP contribution in [0.25, 0.3) is 20.7 Å². The van der Waals surface area contributed by atoms with Gasteiger partial charge in [0.05, 0.1) is 5.39 Å². The average molecular weight is 372 g/mol. The van der Waals surface area contributed by atoms with Gasteiger partial charge in [0, 0.05) is 29.3 Å². The molecular formula is C22H20N4S. The summed E-state index contributed by atoms with van der Waals surface area (Å²) < 4.78 is 0. The van der Waals surface area contributed by atoms with Crippen LogP contribution >= 0.6 is 11.3 Å². The number of anilines is 3. The number of nitrogens with zero attached hydrogens (tertiary/aromatic N) is 3. The monoisotopic (exact) mass is 372 g/mol. The van der Waals surface area contributed by atoms with E-state index in [0.29, 0.717) is 0 Å². The number of rotatable bonds is 4. The van der Waals surface area contributed by atoms with Crippen LogP contribution in [0.15, 0.2) is 67.0 Å². The molecule has 0 radical (unpaired) electrons. The van der Waals surface area contributed by atoms with Crippen molar-refractivity contribution in [2.45, 2.75) is 12.8 Å². The van der Waals surface area contributed by atoms with Crippen molar-refractivity contribution in [3.63, 3.8) is 0 Å². The summed E-state index contributed by atoms with van der Waals surface area (Å²) in [5.41, 5.74) is 3.56. The van der Waals surface area contributed by atoms with Gasteiger partial charge in [-0.3, -0.25) is 0 Å². The molecule has 2 aromatic heterocycles.